The van der Waals surface area contributed by atoms with Gasteiger partial charge >= 0.3 is 5.97 Å². The normalized spacial score (nSPS) is 9.68. The van der Waals surface area contributed by atoms with E-state index in [1.807, 2.05) is 6.07 Å². The first-order valence-electron chi connectivity index (χ1n) is 5.26. The number of pyridine rings is 1. The maximum absolute atomic E-state index is 10.9. The van der Waals surface area contributed by atoms with E-state index in [-0.39, 0.29) is 10.6 Å². The Hall–Kier alpha value is -2.58. The Balaban J connectivity index is 2.31. The monoisotopic (exact) mass is 273 g/mol. The number of aromatic carboxylic acids is 1. The van der Waals surface area contributed by atoms with Crippen molar-refractivity contribution in [2.45, 2.75) is 0 Å². The average molecular weight is 274 g/mol. The molecule has 5 nitrogen and oxygen atoms in total. The Kier molecular flexibility index (Phi) is 3.64. The first-order valence-corrected chi connectivity index (χ1v) is 5.64. The fourth-order valence-corrected chi connectivity index (χ4v) is 1.67. The van der Waals surface area contributed by atoms with Crippen molar-refractivity contribution in [2.75, 3.05) is 5.32 Å². The number of aromatic nitrogens is 1. The summed E-state index contributed by atoms with van der Waals surface area (Å²) in [7, 11) is 0. The fourth-order valence-electron chi connectivity index (χ4n) is 1.49. The van der Waals surface area contributed by atoms with Crippen molar-refractivity contribution < 1.29 is 9.90 Å². The van der Waals surface area contributed by atoms with E-state index in [9.17, 15) is 4.79 Å². The summed E-state index contributed by atoms with van der Waals surface area (Å²) in [6, 6.07) is 10.1. The third-order valence-electron chi connectivity index (χ3n) is 2.35. The molecule has 0 aliphatic heterocycles. The SMILES string of the molecule is N#Cc1cccc(Nc2cc(C(=O)O)c(Cl)cn2)c1. The highest BCUT2D eigenvalue weighted by Crippen LogP contribution is 2.21. The lowest BCUT2D eigenvalue weighted by molar-refractivity contribution is 0.0697. The van der Waals surface area contributed by atoms with Crippen LogP contribution in [0.4, 0.5) is 11.5 Å². The van der Waals surface area contributed by atoms with Gasteiger partial charge in [0, 0.05) is 11.9 Å². The molecule has 0 atom stereocenters. The zero-order valence-electron chi connectivity index (χ0n) is 9.59. The van der Waals surface area contributed by atoms with Gasteiger partial charge in [-0.25, -0.2) is 9.78 Å². The first kappa shape index (κ1) is 12.9. The predicted molar refractivity (Wildman–Crippen MR) is 70.6 cm³/mol. The highest BCUT2D eigenvalue weighted by molar-refractivity contribution is 6.33. The Morgan fingerprint density at radius 3 is 2.89 bits per heavy atom. The predicted octanol–water partition coefficient (Wildman–Crippen LogP) is 3.05. The highest BCUT2D eigenvalue weighted by Gasteiger charge is 2.10. The molecule has 0 saturated heterocycles. The van der Waals surface area contributed by atoms with Gasteiger partial charge < -0.3 is 10.4 Å². The van der Waals surface area contributed by atoms with E-state index in [4.69, 9.17) is 22.0 Å². The maximum atomic E-state index is 10.9. The number of carbonyl (C=O) groups is 1. The second-order valence-corrected chi connectivity index (χ2v) is 4.08. The van der Waals surface area contributed by atoms with Crippen molar-refractivity contribution in [1.29, 1.82) is 5.26 Å². The number of hydrogen-bond donors (Lipinski definition) is 2. The van der Waals surface area contributed by atoms with Crippen molar-refractivity contribution in [3.8, 4) is 6.07 Å². The van der Waals surface area contributed by atoms with Gasteiger partial charge in [0.25, 0.3) is 0 Å². The summed E-state index contributed by atoms with van der Waals surface area (Å²) in [5.74, 6) is -0.780. The number of rotatable bonds is 3. The average Bonchev–Trinajstić information content (AvgIpc) is 2.41. The number of nitrogens with one attached hydrogen (secondary N) is 1. The standard InChI is InChI=1S/C13H8ClN3O2/c14-11-7-16-12(5-10(11)13(18)19)17-9-3-1-2-8(4-9)6-15/h1-5,7H,(H,16,17)(H,18,19). The summed E-state index contributed by atoms with van der Waals surface area (Å²) in [4.78, 5) is 14.9. The Morgan fingerprint density at radius 2 is 2.21 bits per heavy atom. The van der Waals surface area contributed by atoms with Crippen LogP contribution in [0.2, 0.25) is 5.02 Å². The van der Waals surface area contributed by atoms with Crippen LogP contribution in [0.1, 0.15) is 15.9 Å². The van der Waals surface area contributed by atoms with Crippen molar-refractivity contribution in [3.05, 3.63) is 52.7 Å². The molecule has 0 saturated carbocycles. The topological polar surface area (TPSA) is 86.0 Å². The molecule has 0 fully saturated rings. The van der Waals surface area contributed by atoms with Crippen LogP contribution >= 0.6 is 11.6 Å². The van der Waals surface area contributed by atoms with Gasteiger partial charge in [-0.1, -0.05) is 17.7 Å². The Labute approximate surface area is 114 Å². The van der Waals surface area contributed by atoms with Crippen LogP contribution < -0.4 is 5.32 Å². The molecule has 0 bridgehead atoms. The van der Waals surface area contributed by atoms with Crippen LogP contribution in [0.25, 0.3) is 0 Å². The van der Waals surface area contributed by atoms with Crippen molar-refractivity contribution in [3.63, 3.8) is 0 Å². The van der Waals surface area contributed by atoms with Crippen LogP contribution in [0.5, 0.6) is 0 Å². The molecule has 1 aromatic heterocycles. The molecule has 19 heavy (non-hydrogen) atoms. The van der Waals surface area contributed by atoms with Crippen LogP contribution in [0, 0.1) is 11.3 Å². The van der Waals surface area contributed by atoms with Gasteiger partial charge in [0.1, 0.15) is 5.82 Å². The molecule has 0 spiro atoms. The second kappa shape index (κ2) is 5.38. The van der Waals surface area contributed by atoms with Crippen LogP contribution in [0.3, 0.4) is 0 Å². The lowest BCUT2D eigenvalue weighted by Crippen LogP contribution is -2.01. The van der Waals surface area contributed by atoms with Gasteiger partial charge in [0.15, 0.2) is 0 Å². The lowest BCUT2D eigenvalue weighted by atomic mass is 10.2. The molecule has 0 unspecified atom stereocenters. The summed E-state index contributed by atoms with van der Waals surface area (Å²) >= 11 is 5.73. The highest BCUT2D eigenvalue weighted by atomic mass is 35.5. The molecule has 6 heteroatoms. The molecule has 0 radical (unpaired) electrons. The quantitative estimate of drug-likeness (QED) is 0.897. The van der Waals surface area contributed by atoms with Crippen molar-refractivity contribution >= 4 is 29.1 Å². The first-order chi connectivity index (χ1) is 9.10. The number of carboxylic acid groups (broad SMARTS) is 1. The van der Waals surface area contributed by atoms with Crippen LogP contribution in [-0.2, 0) is 0 Å². The minimum absolute atomic E-state index is 0.0318. The number of halogens is 1. The van der Waals surface area contributed by atoms with E-state index in [1.165, 1.54) is 12.3 Å². The smallest absolute Gasteiger partial charge is 0.337 e. The summed E-state index contributed by atoms with van der Waals surface area (Å²) in [6.45, 7) is 0. The minimum atomic E-state index is -1.12. The number of nitriles is 1. The van der Waals surface area contributed by atoms with Gasteiger partial charge in [0.05, 0.1) is 22.2 Å². The Bertz CT molecular complexity index is 680. The molecule has 0 aliphatic rings. The van der Waals surface area contributed by atoms with Gasteiger partial charge in [0.2, 0.25) is 0 Å². The summed E-state index contributed by atoms with van der Waals surface area (Å²) < 4.78 is 0. The number of carboxylic acids is 1. The molecule has 94 valence electrons. The molecule has 2 aromatic rings. The van der Waals surface area contributed by atoms with Gasteiger partial charge in [-0.05, 0) is 24.3 Å². The maximum Gasteiger partial charge on any atom is 0.337 e. The van der Waals surface area contributed by atoms with Crippen molar-refractivity contribution in [2.24, 2.45) is 0 Å². The van der Waals surface area contributed by atoms with Gasteiger partial charge in [-0.15, -0.1) is 0 Å². The van der Waals surface area contributed by atoms with E-state index in [2.05, 4.69) is 10.3 Å². The fraction of sp³-hybridized carbons (Fsp3) is 0. The molecular formula is C13H8ClN3O2. The zero-order chi connectivity index (χ0) is 13.8. The number of nitrogens with zero attached hydrogens (tertiary/aromatic N) is 2. The van der Waals surface area contributed by atoms with E-state index in [0.717, 1.165) is 0 Å². The molecule has 2 N–H and O–H groups in total. The lowest BCUT2D eigenvalue weighted by Gasteiger charge is -2.07. The third-order valence-corrected chi connectivity index (χ3v) is 2.65. The van der Waals surface area contributed by atoms with E-state index in [0.29, 0.717) is 17.1 Å². The third kappa shape index (κ3) is 3.00. The number of benzene rings is 1. The number of hydrogen-bond acceptors (Lipinski definition) is 4. The zero-order valence-corrected chi connectivity index (χ0v) is 10.3. The van der Waals surface area contributed by atoms with Gasteiger partial charge in [-0.3, -0.25) is 0 Å². The van der Waals surface area contributed by atoms with Crippen LogP contribution in [-0.4, -0.2) is 16.1 Å². The van der Waals surface area contributed by atoms with Gasteiger partial charge in [-0.2, -0.15) is 5.26 Å². The number of anilines is 2. The molecular weight excluding hydrogens is 266 g/mol. The Morgan fingerprint density at radius 1 is 1.42 bits per heavy atom. The largest absolute Gasteiger partial charge is 0.478 e. The molecule has 2 rings (SSSR count). The summed E-state index contributed by atoms with van der Waals surface area (Å²) in [5.41, 5.74) is 1.11. The van der Waals surface area contributed by atoms with E-state index < -0.39 is 5.97 Å². The summed E-state index contributed by atoms with van der Waals surface area (Å²) in [5, 5.41) is 20.7. The second-order valence-electron chi connectivity index (χ2n) is 3.67. The summed E-state index contributed by atoms with van der Waals surface area (Å²) in [6.07, 6.45) is 1.27. The molecule has 1 aromatic carbocycles. The minimum Gasteiger partial charge on any atom is -0.478 e. The van der Waals surface area contributed by atoms with E-state index in [1.54, 1.807) is 24.3 Å². The molecule has 0 aliphatic carbocycles. The molecule has 1 heterocycles. The molecule has 0 amide bonds. The van der Waals surface area contributed by atoms with Crippen LogP contribution in [0.15, 0.2) is 36.5 Å². The van der Waals surface area contributed by atoms with E-state index >= 15 is 0 Å². The van der Waals surface area contributed by atoms with Crippen molar-refractivity contribution in [1.82, 2.24) is 4.98 Å².